The topological polar surface area (TPSA) is 24.4 Å². The molecule has 0 fully saturated rings. The predicted molar refractivity (Wildman–Crippen MR) is 64.2 cm³/mol. The van der Waals surface area contributed by atoms with Gasteiger partial charge >= 0.3 is 0 Å². The van der Waals surface area contributed by atoms with Gasteiger partial charge in [0.2, 0.25) is 0 Å². The lowest BCUT2D eigenvalue weighted by Gasteiger charge is -2.13. The molecule has 0 saturated carbocycles. The molecular formula is C13H14N2. The minimum absolute atomic E-state index is 0.899. The Bertz CT molecular complexity index is 413. The number of rotatable bonds is 1. The molecule has 1 heterocycles. The summed E-state index contributed by atoms with van der Waals surface area (Å²) in [5.74, 6) is 3.70. The van der Waals surface area contributed by atoms with Crippen LogP contribution in [0.1, 0.15) is 24.8 Å². The van der Waals surface area contributed by atoms with E-state index in [2.05, 4.69) is 16.2 Å². The summed E-state index contributed by atoms with van der Waals surface area (Å²) in [6.45, 7) is 0.942. The highest BCUT2D eigenvalue weighted by molar-refractivity contribution is 5.95. The number of benzene rings is 1. The molecule has 76 valence electrons. The van der Waals surface area contributed by atoms with E-state index in [9.17, 15) is 0 Å². The number of aliphatic imine (C=N–C) groups is 1. The molecule has 1 N–H and O–H groups in total. The molecular weight excluding hydrogens is 184 g/mol. The van der Waals surface area contributed by atoms with Gasteiger partial charge in [-0.2, -0.15) is 0 Å². The summed E-state index contributed by atoms with van der Waals surface area (Å²) in [4.78, 5) is 4.43. The van der Waals surface area contributed by atoms with Gasteiger partial charge in [-0.05, 0) is 31.0 Å². The molecule has 0 amide bonds. The third-order valence-corrected chi connectivity index (χ3v) is 2.44. The number of nitrogens with one attached hydrogen (secondary N) is 1. The van der Waals surface area contributed by atoms with Gasteiger partial charge in [0.15, 0.2) is 0 Å². The standard InChI is InChI=1S/C13H14N2/c1-2-11-6-5-7-12(10-11)15-13-8-3-4-9-14-13/h1,5-7,10H,3-4,8-9H2,(H,14,15). The van der Waals surface area contributed by atoms with Crippen LogP contribution in [0.5, 0.6) is 0 Å². The molecule has 0 atom stereocenters. The van der Waals surface area contributed by atoms with Crippen LogP contribution < -0.4 is 5.32 Å². The van der Waals surface area contributed by atoms with E-state index in [1.54, 1.807) is 0 Å². The largest absolute Gasteiger partial charge is 0.344 e. The molecule has 0 radical (unpaired) electrons. The van der Waals surface area contributed by atoms with Gasteiger partial charge in [0, 0.05) is 24.2 Å². The van der Waals surface area contributed by atoms with Gasteiger partial charge < -0.3 is 5.32 Å². The zero-order valence-electron chi connectivity index (χ0n) is 8.66. The van der Waals surface area contributed by atoms with E-state index < -0.39 is 0 Å². The zero-order valence-corrected chi connectivity index (χ0v) is 8.66. The number of hydrogen-bond donors (Lipinski definition) is 1. The number of amidine groups is 1. The maximum absolute atomic E-state index is 5.34. The van der Waals surface area contributed by atoms with Crippen LogP contribution in [-0.2, 0) is 0 Å². The van der Waals surface area contributed by atoms with Gasteiger partial charge in [-0.3, -0.25) is 4.99 Å². The van der Waals surface area contributed by atoms with Crippen LogP contribution >= 0.6 is 0 Å². The maximum atomic E-state index is 5.34. The first-order valence-electron chi connectivity index (χ1n) is 5.25. The summed E-state index contributed by atoms with van der Waals surface area (Å²) in [7, 11) is 0. The lowest BCUT2D eigenvalue weighted by atomic mass is 10.1. The van der Waals surface area contributed by atoms with Gasteiger partial charge in [-0.15, -0.1) is 6.42 Å². The van der Waals surface area contributed by atoms with Crippen LogP contribution in [0.15, 0.2) is 29.3 Å². The van der Waals surface area contributed by atoms with E-state index in [0.29, 0.717) is 0 Å². The van der Waals surface area contributed by atoms with Crippen LogP contribution in [0.4, 0.5) is 5.69 Å². The Morgan fingerprint density at radius 2 is 2.27 bits per heavy atom. The van der Waals surface area contributed by atoms with E-state index in [4.69, 9.17) is 6.42 Å². The van der Waals surface area contributed by atoms with Crippen molar-refractivity contribution in [3.05, 3.63) is 29.8 Å². The highest BCUT2D eigenvalue weighted by Gasteiger charge is 2.04. The van der Waals surface area contributed by atoms with Gasteiger partial charge in [0.25, 0.3) is 0 Å². The Labute approximate surface area is 90.4 Å². The highest BCUT2D eigenvalue weighted by atomic mass is 15.0. The predicted octanol–water partition coefficient (Wildman–Crippen LogP) is 2.66. The Kier molecular flexibility index (Phi) is 3.04. The third kappa shape index (κ3) is 2.60. The van der Waals surface area contributed by atoms with Gasteiger partial charge in [-0.25, -0.2) is 0 Å². The van der Waals surface area contributed by atoms with Crippen molar-refractivity contribution in [3.8, 4) is 12.3 Å². The molecule has 0 saturated heterocycles. The monoisotopic (exact) mass is 198 g/mol. The normalized spacial score (nSPS) is 15.3. The van der Waals surface area contributed by atoms with E-state index in [0.717, 1.165) is 30.1 Å². The fourth-order valence-electron chi connectivity index (χ4n) is 1.65. The maximum Gasteiger partial charge on any atom is 0.101 e. The first kappa shape index (κ1) is 9.79. The molecule has 2 rings (SSSR count). The van der Waals surface area contributed by atoms with Crippen molar-refractivity contribution in [2.24, 2.45) is 4.99 Å². The highest BCUT2D eigenvalue weighted by Crippen LogP contribution is 2.13. The van der Waals surface area contributed by atoms with Crippen molar-refractivity contribution in [2.45, 2.75) is 19.3 Å². The quantitative estimate of drug-likeness (QED) is 0.689. The summed E-state index contributed by atoms with van der Waals surface area (Å²) in [5, 5.41) is 3.31. The molecule has 15 heavy (non-hydrogen) atoms. The van der Waals surface area contributed by atoms with E-state index in [1.165, 1.54) is 12.8 Å². The van der Waals surface area contributed by atoms with Gasteiger partial charge in [0.05, 0.1) is 0 Å². The summed E-state index contributed by atoms with van der Waals surface area (Å²) >= 11 is 0. The Morgan fingerprint density at radius 1 is 1.33 bits per heavy atom. The van der Waals surface area contributed by atoms with Crippen molar-refractivity contribution in [3.63, 3.8) is 0 Å². The fraction of sp³-hybridized carbons (Fsp3) is 0.308. The molecule has 2 nitrogen and oxygen atoms in total. The molecule has 0 spiro atoms. The average Bonchev–Trinajstić information content (AvgIpc) is 2.31. The smallest absolute Gasteiger partial charge is 0.101 e. The summed E-state index contributed by atoms with van der Waals surface area (Å²) in [5.41, 5.74) is 1.93. The van der Waals surface area contributed by atoms with E-state index >= 15 is 0 Å². The number of anilines is 1. The van der Waals surface area contributed by atoms with Crippen molar-refractivity contribution < 1.29 is 0 Å². The Hall–Kier alpha value is -1.75. The van der Waals surface area contributed by atoms with E-state index in [1.807, 2.05) is 24.3 Å². The average molecular weight is 198 g/mol. The lowest BCUT2D eigenvalue weighted by Crippen LogP contribution is -2.15. The molecule has 1 aromatic rings. The van der Waals surface area contributed by atoms with Crippen molar-refractivity contribution in [1.82, 2.24) is 0 Å². The van der Waals surface area contributed by atoms with Crippen LogP contribution in [0.2, 0.25) is 0 Å². The molecule has 0 aromatic heterocycles. The second kappa shape index (κ2) is 4.65. The minimum Gasteiger partial charge on any atom is -0.344 e. The van der Waals surface area contributed by atoms with Crippen molar-refractivity contribution in [1.29, 1.82) is 0 Å². The molecule has 0 bridgehead atoms. The second-order valence-corrected chi connectivity index (χ2v) is 3.64. The van der Waals surface area contributed by atoms with Crippen LogP contribution in [-0.4, -0.2) is 12.4 Å². The molecule has 2 heteroatoms. The second-order valence-electron chi connectivity index (χ2n) is 3.64. The summed E-state index contributed by atoms with van der Waals surface area (Å²) < 4.78 is 0. The first-order valence-corrected chi connectivity index (χ1v) is 5.25. The lowest BCUT2D eigenvalue weighted by molar-refractivity contribution is 0.737. The Morgan fingerprint density at radius 3 is 3.00 bits per heavy atom. The molecule has 1 aromatic carbocycles. The van der Waals surface area contributed by atoms with Gasteiger partial charge in [0.1, 0.15) is 5.84 Å². The Balaban J connectivity index is 2.10. The van der Waals surface area contributed by atoms with Crippen molar-refractivity contribution >= 4 is 11.5 Å². The van der Waals surface area contributed by atoms with Crippen LogP contribution in [0.3, 0.4) is 0 Å². The number of hydrogen-bond acceptors (Lipinski definition) is 2. The molecule has 1 aliphatic heterocycles. The first-order chi connectivity index (χ1) is 7.38. The number of terminal acetylenes is 1. The van der Waals surface area contributed by atoms with E-state index in [-0.39, 0.29) is 0 Å². The van der Waals surface area contributed by atoms with Crippen molar-refractivity contribution in [2.75, 3.05) is 11.9 Å². The molecule has 1 aliphatic rings. The minimum atomic E-state index is 0.899. The van der Waals surface area contributed by atoms with Crippen LogP contribution in [0.25, 0.3) is 0 Å². The van der Waals surface area contributed by atoms with Crippen LogP contribution in [0, 0.1) is 12.3 Å². The zero-order chi connectivity index (χ0) is 10.5. The summed E-state index contributed by atoms with van der Waals surface area (Å²) in [6.07, 6.45) is 8.81. The fourth-order valence-corrected chi connectivity index (χ4v) is 1.65. The third-order valence-electron chi connectivity index (χ3n) is 2.44. The van der Waals surface area contributed by atoms with Gasteiger partial charge in [-0.1, -0.05) is 12.0 Å². The molecule has 0 aliphatic carbocycles. The number of nitrogens with zero attached hydrogens (tertiary/aromatic N) is 1. The molecule has 0 unspecified atom stereocenters. The summed E-state index contributed by atoms with van der Waals surface area (Å²) in [6, 6.07) is 7.86. The SMILES string of the molecule is C#Cc1cccc(NC2=NCCCC2)c1.